The summed E-state index contributed by atoms with van der Waals surface area (Å²) < 4.78 is 17.9. The monoisotopic (exact) mass is 249 g/mol. The number of carboxylic acid groups (broad SMARTS) is 1. The molecule has 2 aromatic rings. The number of benzene rings is 1. The highest BCUT2D eigenvalue weighted by Crippen LogP contribution is 2.22. The molecular formula is C13H12FNO3. The van der Waals surface area contributed by atoms with Gasteiger partial charge in [0, 0.05) is 18.1 Å². The molecule has 1 heterocycles. The Morgan fingerprint density at radius 1 is 1.50 bits per heavy atom. The Bertz CT molecular complexity index is 563. The maximum absolute atomic E-state index is 12.9. The molecular weight excluding hydrogens is 237 g/mol. The quantitative estimate of drug-likeness (QED) is 0.904. The molecule has 1 N–H and O–H groups in total. The van der Waals surface area contributed by atoms with Crippen molar-refractivity contribution in [3.63, 3.8) is 0 Å². The second-order valence-corrected chi connectivity index (χ2v) is 4.07. The molecule has 1 atom stereocenters. The van der Waals surface area contributed by atoms with E-state index in [1.54, 1.807) is 18.2 Å². The molecule has 0 aliphatic rings. The molecule has 2 rings (SSSR count). The van der Waals surface area contributed by atoms with Gasteiger partial charge in [0.05, 0.1) is 0 Å². The van der Waals surface area contributed by atoms with Gasteiger partial charge in [0.2, 0.25) is 0 Å². The highest BCUT2D eigenvalue weighted by molar-refractivity contribution is 5.86. The van der Waals surface area contributed by atoms with Crippen LogP contribution in [0.4, 0.5) is 4.39 Å². The second-order valence-electron chi connectivity index (χ2n) is 4.07. The SMILES string of the molecule is CC(F)Cc1cccc(-c2cc(C(=O)O)no2)c1. The molecule has 0 saturated carbocycles. The van der Waals surface area contributed by atoms with Gasteiger partial charge in [0.1, 0.15) is 6.17 Å². The van der Waals surface area contributed by atoms with Crippen LogP contribution in [0.15, 0.2) is 34.9 Å². The number of carbonyl (C=O) groups is 1. The van der Waals surface area contributed by atoms with Gasteiger partial charge in [-0.2, -0.15) is 0 Å². The van der Waals surface area contributed by atoms with Crippen molar-refractivity contribution in [3.8, 4) is 11.3 Å². The van der Waals surface area contributed by atoms with E-state index in [0.29, 0.717) is 17.7 Å². The number of nitrogens with zero attached hydrogens (tertiary/aromatic N) is 1. The van der Waals surface area contributed by atoms with Crippen molar-refractivity contribution < 1.29 is 18.8 Å². The minimum absolute atomic E-state index is 0.144. The molecule has 0 spiro atoms. The van der Waals surface area contributed by atoms with Crippen molar-refractivity contribution in [2.24, 2.45) is 0 Å². The summed E-state index contributed by atoms with van der Waals surface area (Å²) in [6.45, 7) is 1.49. The number of carboxylic acids is 1. The topological polar surface area (TPSA) is 63.3 Å². The number of halogens is 1. The Kier molecular flexibility index (Phi) is 3.41. The van der Waals surface area contributed by atoms with Crippen LogP contribution in [-0.4, -0.2) is 22.4 Å². The van der Waals surface area contributed by atoms with Gasteiger partial charge in [-0.3, -0.25) is 0 Å². The first-order chi connectivity index (χ1) is 8.56. The molecule has 0 radical (unpaired) electrons. The van der Waals surface area contributed by atoms with Gasteiger partial charge in [-0.15, -0.1) is 0 Å². The van der Waals surface area contributed by atoms with Gasteiger partial charge in [0.25, 0.3) is 0 Å². The number of hydrogen-bond acceptors (Lipinski definition) is 3. The Hall–Kier alpha value is -2.17. The zero-order chi connectivity index (χ0) is 13.1. The number of aromatic nitrogens is 1. The van der Waals surface area contributed by atoms with Crippen molar-refractivity contribution in [3.05, 3.63) is 41.6 Å². The second kappa shape index (κ2) is 5.00. The van der Waals surface area contributed by atoms with Crippen molar-refractivity contribution in [1.82, 2.24) is 5.16 Å². The third kappa shape index (κ3) is 2.74. The summed E-state index contributed by atoms with van der Waals surface area (Å²) >= 11 is 0. The highest BCUT2D eigenvalue weighted by atomic mass is 19.1. The van der Waals surface area contributed by atoms with Gasteiger partial charge in [-0.05, 0) is 18.6 Å². The first-order valence-corrected chi connectivity index (χ1v) is 5.49. The van der Waals surface area contributed by atoms with E-state index >= 15 is 0 Å². The van der Waals surface area contributed by atoms with E-state index < -0.39 is 12.1 Å². The molecule has 18 heavy (non-hydrogen) atoms. The average Bonchev–Trinajstić information content (AvgIpc) is 2.77. The number of alkyl halides is 1. The zero-order valence-corrected chi connectivity index (χ0v) is 9.76. The largest absolute Gasteiger partial charge is 0.476 e. The normalized spacial score (nSPS) is 12.3. The number of hydrogen-bond donors (Lipinski definition) is 1. The Labute approximate surface area is 103 Å². The standard InChI is InChI=1S/C13H12FNO3/c1-8(14)5-9-3-2-4-10(6-9)12-7-11(13(16)17)15-18-12/h2-4,6-8H,5H2,1H3,(H,16,17). The molecule has 0 aliphatic heterocycles. The molecule has 0 bridgehead atoms. The van der Waals surface area contributed by atoms with Crippen LogP contribution in [0.5, 0.6) is 0 Å². The van der Waals surface area contributed by atoms with Crippen LogP contribution in [-0.2, 0) is 6.42 Å². The van der Waals surface area contributed by atoms with Crippen molar-refractivity contribution in [2.45, 2.75) is 19.5 Å². The van der Waals surface area contributed by atoms with Crippen molar-refractivity contribution in [1.29, 1.82) is 0 Å². The van der Waals surface area contributed by atoms with E-state index in [1.165, 1.54) is 13.0 Å². The summed E-state index contributed by atoms with van der Waals surface area (Å²) in [6.07, 6.45) is -0.613. The lowest BCUT2D eigenvalue weighted by molar-refractivity contribution is 0.0686. The van der Waals surface area contributed by atoms with Crippen LogP contribution in [0.3, 0.4) is 0 Å². The maximum Gasteiger partial charge on any atom is 0.358 e. The molecule has 0 fully saturated rings. The average molecular weight is 249 g/mol. The molecule has 1 aromatic heterocycles. The van der Waals surface area contributed by atoms with Gasteiger partial charge >= 0.3 is 5.97 Å². The van der Waals surface area contributed by atoms with Gasteiger partial charge in [-0.1, -0.05) is 23.4 Å². The lowest BCUT2D eigenvalue weighted by Crippen LogP contribution is -1.98. The molecule has 0 aliphatic carbocycles. The fraction of sp³-hybridized carbons (Fsp3) is 0.231. The summed E-state index contributed by atoms with van der Waals surface area (Å²) in [4.78, 5) is 10.7. The van der Waals surface area contributed by atoms with Crippen LogP contribution < -0.4 is 0 Å². The van der Waals surface area contributed by atoms with E-state index in [1.807, 2.05) is 6.07 Å². The molecule has 5 heteroatoms. The first-order valence-electron chi connectivity index (χ1n) is 5.49. The summed E-state index contributed by atoms with van der Waals surface area (Å²) in [5.41, 5.74) is 1.37. The molecule has 4 nitrogen and oxygen atoms in total. The van der Waals surface area contributed by atoms with Crippen molar-refractivity contribution >= 4 is 5.97 Å². The van der Waals surface area contributed by atoms with E-state index in [9.17, 15) is 9.18 Å². The molecule has 94 valence electrons. The lowest BCUT2D eigenvalue weighted by atomic mass is 10.0. The van der Waals surface area contributed by atoms with Crippen LogP contribution in [0.25, 0.3) is 11.3 Å². The zero-order valence-electron chi connectivity index (χ0n) is 9.76. The summed E-state index contributed by atoms with van der Waals surface area (Å²) in [5, 5.41) is 12.2. The van der Waals surface area contributed by atoms with E-state index in [0.717, 1.165) is 5.56 Å². The number of rotatable bonds is 4. The third-order valence-corrected chi connectivity index (χ3v) is 2.46. The Balaban J connectivity index is 2.29. The van der Waals surface area contributed by atoms with Gasteiger partial charge < -0.3 is 9.63 Å². The number of aromatic carboxylic acids is 1. The molecule has 1 unspecified atom stereocenters. The van der Waals surface area contributed by atoms with Gasteiger partial charge in [-0.25, -0.2) is 9.18 Å². The molecule has 1 aromatic carbocycles. The maximum atomic E-state index is 12.9. The predicted molar refractivity (Wildman–Crippen MR) is 63.2 cm³/mol. The Morgan fingerprint density at radius 3 is 2.89 bits per heavy atom. The van der Waals surface area contributed by atoms with Crippen molar-refractivity contribution in [2.75, 3.05) is 0 Å². The third-order valence-electron chi connectivity index (χ3n) is 2.46. The summed E-state index contributed by atoms with van der Waals surface area (Å²) in [5.74, 6) is -0.778. The van der Waals surface area contributed by atoms with Crippen LogP contribution >= 0.6 is 0 Å². The summed E-state index contributed by atoms with van der Waals surface area (Å²) in [7, 11) is 0. The fourth-order valence-corrected chi connectivity index (χ4v) is 1.69. The van der Waals surface area contributed by atoms with Crippen LogP contribution in [0, 0.1) is 0 Å². The summed E-state index contributed by atoms with van der Waals surface area (Å²) in [6, 6.07) is 8.46. The fourth-order valence-electron chi connectivity index (χ4n) is 1.69. The minimum Gasteiger partial charge on any atom is -0.476 e. The van der Waals surface area contributed by atoms with Crippen LogP contribution in [0.1, 0.15) is 23.0 Å². The van der Waals surface area contributed by atoms with E-state index in [2.05, 4.69) is 5.16 Å². The predicted octanol–water partition coefficient (Wildman–Crippen LogP) is 2.94. The van der Waals surface area contributed by atoms with Gasteiger partial charge in [0.15, 0.2) is 11.5 Å². The van der Waals surface area contributed by atoms with Crippen LogP contribution in [0.2, 0.25) is 0 Å². The highest BCUT2D eigenvalue weighted by Gasteiger charge is 2.12. The minimum atomic E-state index is -1.14. The van der Waals surface area contributed by atoms with E-state index in [4.69, 9.17) is 9.63 Å². The first kappa shape index (κ1) is 12.3. The van der Waals surface area contributed by atoms with E-state index in [-0.39, 0.29) is 5.69 Å². The lowest BCUT2D eigenvalue weighted by Gasteiger charge is -2.03. The molecule has 0 saturated heterocycles. The Morgan fingerprint density at radius 2 is 2.28 bits per heavy atom. The molecule has 0 amide bonds. The smallest absolute Gasteiger partial charge is 0.358 e.